The fraction of sp³-hybridized carbons (Fsp3) is 0.417. The average Bonchev–Trinajstić information content (AvgIpc) is 2.73. The summed E-state index contributed by atoms with van der Waals surface area (Å²) in [6, 6.07) is 2.07. The lowest BCUT2D eigenvalue weighted by Crippen LogP contribution is -2.36. The molecule has 3 atom stereocenters. The highest BCUT2D eigenvalue weighted by molar-refractivity contribution is 5.76. The fourth-order valence-electron chi connectivity index (χ4n) is 2.54. The molecule has 0 spiro atoms. The molecule has 1 aliphatic rings. The predicted octanol–water partition coefficient (Wildman–Crippen LogP) is -0.394. The summed E-state index contributed by atoms with van der Waals surface area (Å²) in [5, 5.41) is 20.8. The molecule has 7 heteroatoms. The Morgan fingerprint density at radius 3 is 2.58 bits per heavy atom. The second-order valence-electron chi connectivity index (χ2n) is 4.58. The van der Waals surface area contributed by atoms with Crippen LogP contribution in [0.2, 0.25) is 0 Å². The zero-order valence-electron chi connectivity index (χ0n) is 10.00. The molecular weight excluding hydrogens is 252 g/mol. The second kappa shape index (κ2) is 5.23. The molecule has 0 radical (unpaired) electrons. The van der Waals surface area contributed by atoms with Crippen LogP contribution in [0.15, 0.2) is 23.1 Å². The van der Waals surface area contributed by atoms with Crippen LogP contribution in [0.5, 0.6) is 0 Å². The van der Waals surface area contributed by atoms with Crippen LogP contribution in [0.1, 0.15) is 17.9 Å². The molecule has 102 valence electrons. The Hall–Kier alpha value is -2.15. The van der Waals surface area contributed by atoms with E-state index in [1.54, 1.807) is 6.07 Å². The minimum Gasteiger partial charge on any atom is -0.481 e. The van der Waals surface area contributed by atoms with E-state index in [0.717, 1.165) is 5.56 Å². The third kappa shape index (κ3) is 2.82. The van der Waals surface area contributed by atoms with Gasteiger partial charge in [-0.25, -0.2) is 0 Å². The lowest BCUT2D eigenvalue weighted by Gasteiger charge is -2.20. The van der Waals surface area contributed by atoms with Crippen LogP contribution in [0.3, 0.4) is 0 Å². The number of rotatable bonds is 4. The van der Waals surface area contributed by atoms with Crippen molar-refractivity contribution in [1.29, 1.82) is 0 Å². The Kier molecular flexibility index (Phi) is 3.66. The third-order valence-electron chi connectivity index (χ3n) is 3.42. The van der Waals surface area contributed by atoms with Crippen molar-refractivity contribution < 1.29 is 19.8 Å². The van der Waals surface area contributed by atoms with Crippen LogP contribution >= 0.6 is 0 Å². The smallest absolute Gasteiger partial charge is 0.321 e. The van der Waals surface area contributed by atoms with Crippen molar-refractivity contribution >= 4 is 11.9 Å². The molecule has 7 nitrogen and oxygen atoms in total. The molecule has 1 aromatic heterocycles. The first kappa shape index (κ1) is 13.3. The molecule has 3 unspecified atom stereocenters. The van der Waals surface area contributed by atoms with Crippen molar-refractivity contribution in [3.8, 4) is 0 Å². The Balaban J connectivity index is 2.28. The van der Waals surface area contributed by atoms with E-state index in [-0.39, 0.29) is 17.9 Å². The van der Waals surface area contributed by atoms with Gasteiger partial charge in [0.05, 0.1) is 6.42 Å². The van der Waals surface area contributed by atoms with Gasteiger partial charge >= 0.3 is 11.9 Å². The number of carboxylic acids is 2. The van der Waals surface area contributed by atoms with E-state index in [1.807, 2.05) is 0 Å². The summed E-state index contributed by atoms with van der Waals surface area (Å²) in [6.45, 7) is 0.376. The van der Waals surface area contributed by atoms with E-state index in [1.165, 1.54) is 12.3 Å². The maximum Gasteiger partial charge on any atom is 0.321 e. The predicted molar refractivity (Wildman–Crippen MR) is 65.0 cm³/mol. The molecule has 1 aliphatic heterocycles. The number of carboxylic acid groups (broad SMARTS) is 2. The summed E-state index contributed by atoms with van der Waals surface area (Å²) in [5.41, 5.74) is 0.487. The standard InChI is InChI=1S/C12H14N2O5/c15-9-2-1-6(4-13-9)8-5-14-11(12(18)19)7(8)3-10(16)17/h1-2,4,7-8,11,14H,3,5H2,(H,13,15)(H,16,17)(H,18,19). The Morgan fingerprint density at radius 1 is 1.32 bits per heavy atom. The average molecular weight is 266 g/mol. The van der Waals surface area contributed by atoms with Crippen LogP contribution in [-0.4, -0.2) is 39.7 Å². The molecule has 2 rings (SSSR count). The minimum absolute atomic E-state index is 0.228. The lowest BCUT2D eigenvalue weighted by atomic mass is 9.83. The molecule has 0 bridgehead atoms. The highest BCUT2D eigenvalue weighted by atomic mass is 16.4. The number of aromatic amines is 1. The fourth-order valence-corrected chi connectivity index (χ4v) is 2.54. The first-order chi connectivity index (χ1) is 8.99. The summed E-state index contributed by atoms with van der Waals surface area (Å²) in [4.78, 5) is 35.5. The van der Waals surface area contributed by atoms with E-state index in [2.05, 4.69) is 10.3 Å². The second-order valence-corrected chi connectivity index (χ2v) is 4.58. The number of pyridine rings is 1. The van der Waals surface area contributed by atoms with Crippen LogP contribution in [0, 0.1) is 5.92 Å². The van der Waals surface area contributed by atoms with E-state index in [9.17, 15) is 14.4 Å². The maximum atomic E-state index is 11.1. The van der Waals surface area contributed by atoms with Crippen LogP contribution in [-0.2, 0) is 9.59 Å². The molecule has 0 saturated carbocycles. The number of carbonyl (C=O) groups is 2. The number of aliphatic carboxylic acids is 2. The molecule has 19 heavy (non-hydrogen) atoms. The van der Waals surface area contributed by atoms with Crippen molar-refractivity contribution in [3.63, 3.8) is 0 Å². The van der Waals surface area contributed by atoms with Crippen molar-refractivity contribution in [1.82, 2.24) is 10.3 Å². The largest absolute Gasteiger partial charge is 0.481 e. The first-order valence-electron chi connectivity index (χ1n) is 5.85. The van der Waals surface area contributed by atoms with E-state index < -0.39 is 23.9 Å². The van der Waals surface area contributed by atoms with Crippen LogP contribution < -0.4 is 10.9 Å². The number of nitrogens with one attached hydrogen (secondary N) is 2. The summed E-state index contributed by atoms with van der Waals surface area (Å²) < 4.78 is 0. The van der Waals surface area contributed by atoms with Gasteiger partial charge in [0.1, 0.15) is 6.04 Å². The normalized spacial score (nSPS) is 26.2. The van der Waals surface area contributed by atoms with Crippen molar-refractivity contribution in [2.24, 2.45) is 5.92 Å². The number of H-pyrrole nitrogens is 1. The lowest BCUT2D eigenvalue weighted by molar-refractivity contribution is -0.142. The van der Waals surface area contributed by atoms with Gasteiger partial charge in [-0.15, -0.1) is 0 Å². The van der Waals surface area contributed by atoms with E-state index >= 15 is 0 Å². The van der Waals surface area contributed by atoms with Gasteiger partial charge in [-0.1, -0.05) is 6.07 Å². The van der Waals surface area contributed by atoms with Gasteiger partial charge in [0.2, 0.25) is 5.56 Å². The Morgan fingerprint density at radius 2 is 2.05 bits per heavy atom. The SMILES string of the molecule is O=C(O)CC1C(C(=O)O)NCC1c1ccc(=O)[nH]c1. The molecule has 1 saturated heterocycles. The minimum atomic E-state index is -1.06. The topological polar surface area (TPSA) is 119 Å². The van der Waals surface area contributed by atoms with Crippen molar-refractivity contribution in [3.05, 3.63) is 34.2 Å². The Labute approximate surface area is 108 Å². The number of hydrogen-bond acceptors (Lipinski definition) is 4. The molecule has 1 fully saturated rings. The molecule has 0 aromatic carbocycles. The van der Waals surface area contributed by atoms with Gasteiger partial charge in [-0.2, -0.15) is 0 Å². The van der Waals surface area contributed by atoms with Crippen molar-refractivity contribution in [2.75, 3.05) is 6.54 Å². The molecule has 2 heterocycles. The van der Waals surface area contributed by atoms with Gasteiger partial charge in [0, 0.05) is 30.6 Å². The number of hydrogen-bond donors (Lipinski definition) is 4. The molecular formula is C12H14N2O5. The van der Waals surface area contributed by atoms with E-state index in [0.29, 0.717) is 6.54 Å². The van der Waals surface area contributed by atoms with Crippen molar-refractivity contribution in [2.45, 2.75) is 18.4 Å². The van der Waals surface area contributed by atoms with Crippen LogP contribution in [0.25, 0.3) is 0 Å². The molecule has 1 aromatic rings. The molecule has 4 N–H and O–H groups in total. The quantitative estimate of drug-likeness (QED) is 0.589. The maximum absolute atomic E-state index is 11.1. The Bertz CT molecular complexity index is 533. The van der Waals surface area contributed by atoms with Gasteiger partial charge in [0.25, 0.3) is 0 Å². The third-order valence-corrected chi connectivity index (χ3v) is 3.42. The van der Waals surface area contributed by atoms with Gasteiger partial charge in [0.15, 0.2) is 0 Å². The molecule has 0 amide bonds. The highest BCUT2D eigenvalue weighted by Crippen LogP contribution is 2.33. The van der Waals surface area contributed by atoms with Gasteiger partial charge in [-0.3, -0.25) is 14.4 Å². The zero-order valence-corrected chi connectivity index (χ0v) is 10.00. The monoisotopic (exact) mass is 266 g/mol. The van der Waals surface area contributed by atoms with Gasteiger partial charge < -0.3 is 20.5 Å². The summed E-state index contributed by atoms with van der Waals surface area (Å²) in [5.74, 6) is -2.87. The molecule has 0 aliphatic carbocycles. The highest BCUT2D eigenvalue weighted by Gasteiger charge is 2.41. The van der Waals surface area contributed by atoms with E-state index in [4.69, 9.17) is 10.2 Å². The first-order valence-corrected chi connectivity index (χ1v) is 5.85. The summed E-state index contributed by atoms with van der Waals surface area (Å²) in [6.07, 6.45) is 1.28. The van der Waals surface area contributed by atoms with Crippen LogP contribution in [0.4, 0.5) is 0 Å². The summed E-state index contributed by atoms with van der Waals surface area (Å²) in [7, 11) is 0. The number of aromatic nitrogens is 1. The van der Waals surface area contributed by atoms with Gasteiger partial charge in [-0.05, 0) is 5.56 Å². The summed E-state index contributed by atoms with van der Waals surface area (Å²) >= 11 is 0. The zero-order chi connectivity index (χ0) is 14.0.